The van der Waals surface area contributed by atoms with E-state index in [9.17, 15) is 9.59 Å². The van der Waals surface area contributed by atoms with E-state index in [1.165, 1.54) is 11.1 Å². The van der Waals surface area contributed by atoms with Gasteiger partial charge in [-0.05, 0) is 37.1 Å². The molecule has 1 aromatic heterocycles. The van der Waals surface area contributed by atoms with Gasteiger partial charge in [0.2, 0.25) is 5.91 Å². The average molecular weight is 351 g/mol. The first-order chi connectivity index (χ1) is 12.4. The molecule has 0 N–H and O–H groups in total. The molecule has 0 atom stereocenters. The lowest BCUT2D eigenvalue weighted by atomic mass is 10.1. The van der Waals surface area contributed by atoms with Crippen LogP contribution in [0.2, 0.25) is 0 Å². The first kappa shape index (κ1) is 18.0. The molecule has 0 aliphatic heterocycles. The second kappa shape index (κ2) is 7.20. The van der Waals surface area contributed by atoms with Crippen LogP contribution < -0.4 is 5.69 Å². The van der Waals surface area contributed by atoms with Crippen molar-refractivity contribution in [2.45, 2.75) is 33.4 Å². The van der Waals surface area contributed by atoms with Crippen molar-refractivity contribution in [2.75, 3.05) is 7.05 Å². The standard InChI is InChI=1S/C21H25N3O2/c1-15-9-10-17(16(2)13-15)14-22(3)20(25)11-12-24-19-8-6-5-7-18(19)23(4)21(24)26/h5-10,13H,11-12,14H2,1-4H3. The molecular formula is C21H25N3O2. The number of fused-ring (bicyclic) bond motifs is 1. The van der Waals surface area contributed by atoms with Gasteiger partial charge in [-0.15, -0.1) is 0 Å². The Morgan fingerprint density at radius 2 is 1.77 bits per heavy atom. The van der Waals surface area contributed by atoms with E-state index in [4.69, 9.17) is 0 Å². The van der Waals surface area contributed by atoms with E-state index in [0.717, 1.165) is 16.6 Å². The Morgan fingerprint density at radius 1 is 1.08 bits per heavy atom. The molecular weight excluding hydrogens is 326 g/mol. The van der Waals surface area contributed by atoms with E-state index in [-0.39, 0.29) is 11.6 Å². The van der Waals surface area contributed by atoms with Gasteiger partial charge >= 0.3 is 5.69 Å². The largest absolute Gasteiger partial charge is 0.341 e. The number of benzene rings is 2. The van der Waals surface area contributed by atoms with Crippen LogP contribution in [0.25, 0.3) is 11.0 Å². The van der Waals surface area contributed by atoms with E-state index >= 15 is 0 Å². The smallest absolute Gasteiger partial charge is 0.328 e. The summed E-state index contributed by atoms with van der Waals surface area (Å²) in [5, 5.41) is 0. The maximum absolute atomic E-state index is 12.6. The van der Waals surface area contributed by atoms with Gasteiger partial charge in [0.15, 0.2) is 0 Å². The van der Waals surface area contributed by atoms with Crippen molar-refractivity contribution in [3.63, 3.8) is 0 Å². The van der Waals surface area contributed by atoms with Crippen LogP contribution in [0.15, 0.2) is 47.3 Å². The maximum atomic E-state index is 12.6. The fourth-order valence-electron chi connectivity index (χ4n) is 3.34. The van der Waals surface area contributed by atoms with Crippen molar-refractivity contribution in [3.8, 4) is 0 Å². The number of imidazole rings is 1. The fourth-order valence-corrected chi connectivity index (χ4v) is 3.34. The highest BCUT2D eigenvalue weighted by molar-refractivity contribution is 5.78. The predicted molar refractivity (Wildman–Crippen MR) is 104 cm³/mol. The zero-order chi connectivity index (χ0) is 18.8. The Kier molecular flexibility index (Phi) is 4.98. The molecule has 26 heavy (non-hydrogen) atoms. The molecule has 0 aliphatic carbocycles. The highest BCUT2D eigenvalue weighted by Crippen LogP contribution is 2.14. The lowest BCUT2D eigenvalue weighted by Gasteiger charge is -2.19. The molecule has 0 aliphatic rings. The zero-order valence-electron chi connectivity index (χ0n) is 15.8. The first-order valence-corrected chi connectivity index (χ1v) is 8.83. The molecule has 3 aromatic rings. The van der Waals surface area contributed by atoms with Crippen LogP contribution in [0, 0.1) is 13.8 Å². The molecule has 1 heterocycles. The van der Waals surface area contributed by atoms with Crippen molar-refractivity contribution in [3.05, 3.63) is 69.6 Å². The highest BCUT2D eigenvalue weighted by Gasteiger charge is 2.14. The van der Waals surface area contributed by atoms with Crippen LogP contribution in [0.1, 0.15) is 23.1 Å². The van der Waals surface area contributed by atoms with Crippen LogP contribution in [-0.2, 0) is 24.9 Å². The summed E-state index contributed by atoms with van der Waals surface area (Å²) in [6.45, 7) is 5.09. The number of para-hydroxylation sites is 2. The molecule has 0 fully saturated rings. The number of carbonyl (C=O) groups excluding carboxylic acids is 1. The summed E-state index contributed by atoms with van der Waals surface area (Å²) >= 11 is 0. The zero-order valence-corrected chi connectivity index (χ0v) is 15.8. The topological polar surface area (TPSA) is 47.2 Å². The highest BCUT2D eigenvalue weighted by atomic mass is 16.2. The summed E-state index contributed by atoms with van der Waals surface area (Å²) in [5.41, 5.74) is 5.22. The Labute approximate surface area is 153 Å². The van der Waals surface area contributed by atoms with Crippen molar-refractivity contribution in [1.82, 2.24) is 14.0 Å². The van der Waals surface area contributed by atoms with Gasteiger partial charge in [-0.3, -0.25) is 13.9 Å². The monoisotopic (exact) mass is 351 g/mol. The Hall–Kier alpha value is -2.82. The lowest BCUT2D eigenvalue weighted by molar-refractivity contribution is -0.130. The fraction of sp³-hybridized carbons (Fsp3) is 0.333. The summed E-state index contributed by atoms with van der Waals surface area (Å²) in [7, 11) is 3.57. The summed E-state index contributed by atoms with van der Waals surface area (Å²) in [5.74, 6) is 0.0322. The van der Waals surface area contributed by atoms with Gasteiger partial charge in [0.05, 0.1) is 11.0 Å². The molecule has 5 nitrogen and oxygen atoms in total. The van der Waals surface area contributed by atoms with E-state index in [1.54, 1.807) is 21.1 Å². The van der Waals surface area contributed by atoms with Crippen LogP contribution in [0.3, 0.4) is 0 Å². The van der Waals surface area contributed by atoms with Crippen LogP contribution in [-0.4, -0.2) is 27.0 Å². The molecule has 0 unspecified atom stereocenters. The molecule has 0 saturated carbocycles. The van der Waals surface area contributed by atoms with Crippen molar-refractivity contribution < 1.29 is 4.79 Å². The van der Waals surface area contributed by atoms with Gasteiger partial charge < -0.3 is 4.90 Å². The maximum Gasteiger partial charge on any atom is 0.328 e. The van der Waals surface area contributed by atoms with Gasteiger partial charge in [0.25, 0.3) is 0 Å². The molecule has 0 bridgehead atoms. The van der Waals surface area contributed by atoms with Gasteiger partial charge in [-0.25, -0.2) is 4.79 Å². The predicted octanol–water partition coefficient (Wildman–Crippen LogP) is 3.01. The Morgan fingerprint density at radius 3 is 2.46 bits per heavy atom. The number of amides is 1. The summed E-state index contributed by atoms with van der Waals surface area (Å²) in [6, 6.07) is 13.9. The number of rotatable bonds is 5. The summed E-state index contributed by atoms with van der Waals surface area (Å²) in [4.78, 5) is 26.7. The molecule has 0 spiro atoms. The number of aryl methyl sites for hydroxylation is 4. The molecule has 0 radical (unpaired) electrons. The lowest BCUT2D eigenvalue weighted by Crippen LogP contribution is -2.29. The minimum absolute atomic E-state index is 0.0322. The second-order valence-corrected chi connectivity index (χ2v) is 6.91. The van der Waals surface area contributed by atoms with Crippen LogP contribution in [0.4, 0.5) is 0 Å². The average Bonchev–Trinajstić information content (AvgIpc) is 2.86. The molecule has 0 saturated heterocycles. The van der Waals surface area contributed by atoms with E-state index < -0.39 is 0 Å². The van der Waals surface area contributed by atoms with Gasteiger partial charge in [-0.2, -0.15) is 0 Å². The first-order valence-electron chi connectivity index (χ1n) is 8.83. The summed E-state index contributed by atoms with van der Waals surface area (Å²) in [6.07, 6.45) is 0.301. The molecule has 5 heteroatoms. The third kappa shape index (κ3) is 3.43. The Balaban J connectivity index is 1.71. The van der Waals surface area contributed by atoms with E-state index in [0.29, 0.717) is 19.5 Å². The second-order valence-electron chi connectivity index (χ2n) is 6.91. The Bertz CT molecular complexity index is 1010. The van der Waals surface area contributed by atoms with Gasteiger partial charge in [0, 0.05) is 33.6 Å². The van der Waals surface area contributed by atoms with Gasteiger partial charge in [0.1, 0.15) is 0 Å². The molecule has 3 rings (SSSR count). The third-order valence-corrected chi connectivity index (χ3v) is 4.93. The van der Waals surface area contributed by atoms with E-state index in [2.05, 4.69) is 32.0 Å². The summed E-state index contributed by atoms with van der Waals surface area (Å²) < 4.78 is 3.30. The third-order valence-electron chi connectivity index (χ3n) is 4.93. The van der Waals surface area contributed by atoms with Crippen molar-refractivity contribution >= 4 is 16.9 Å². The number of hydrogen-bond acceptors (Lipinski definition) is 2. The van der Waals surface area contributed by atoms with Crippen LogP contribution in [0.5, 0.6) is 0 Å². The SMILES string of the molecule is Cc1ccc(CN(C)C(=O)CCn2c(=O)n(C)c3ccccc32)c(C)c1. The number of carbonyl (C=O) groups is 1. The van der Waals surface area contributed by atoms with E-state index in [1.807, 2.05) is 31.3 Å². The number of nitrogens with zero attached hydrogens (tertiary/aromatic N) is 3. The normalized spacial score (nSPS) is 11.1. The molecule has 1 amide bonds. The van der Waals surface area contributed by atoms with Gasteiger partial charge in [-0.1, -0.05) is 35.9 Å². The quantitative estimate of drug-likeness (QED) is 0.709. The van der Waals surface area contributed by atoms with Crippen molar-refractivity contribution in [1.29, 1.82) is 0 Å². The number of hydrogen-bond donors (Lipinski definition) is 0. The molecule has 136 valence electrons. The van der Waals surface area contributed by atoms with Crippen LogP contribution >= 0.6 is 0 Å². The number of aromatic nitrogens is 2. The van der Waals surface area contributed by atoms with Crippen molar-refractivity contribution in [2.24, 2.45) is 7.05 Å². The minimum Gasteiger partial charge on any atom is -0.341 e. The molecule has 2 aromatic carbocycles. The minimum atomic E-state index is -0.0870.